The Hall–Kier alpha value is -6.60. The summed E-state index contributed by atoms with van der Waals surface area (Å²) in [5, 5.41) is 27.7. The average molecular weight is 610 g/mol. The normalized spacial score (nSPS) is 15.5. The molecule has 5 aromatic rings. The molecule has 0 saturated carbocycles. The molecule has 4 N–H and O–H groups in total. The van der Waals surface area contributed by atoms with Crippen molar-refractivity contribution < 1.29 is 0 Å². The summed E-state index contributed by atoms with van der Waals surface area (Å²) in [4.78, 5) is 2.18. The molecule has 226 valence electrons. The second-order valence-electron chi connectivity index (χ2n) is 11.0. The highest BCUT2D eigenvalue weighted by Gasteiger charge is 2.15. The van der Waals surface area contributed by atoms with E-state index in [9.17, 15) is 0 Å². The van der Waals surface area contributed by atoms with E-state index in [1.165, 1.54) is 10.8 Å². The monoisotopic (exact) mass is 609 g/mol. The maximum atomic E-state index is 8.15. The molecule has 0 heterocycles. The Morgan fingerprint density at radius 3 is 1.55 bits per heavy atom. The van der Waals surface area contributed by atoms with E-state index in [2.05, 4.69) is 105 Å². The zero-order valence-corrected chi connectivity index (χ0v) is 25.4. The second-order valence-corrected chi connectivity index (χ2v) is 11.0. The molecule has 47 heavy (non-hydrogen) atoms. The first-order chi connectivity index (χ1) is 23.1. The van der Waals surface area contributed by atoms with Crippen molar-refractivity contribution in [1.29, 1.82) is 10.8 Å². The van der Waals surface area contributed by atoms with E-state index in [4.69, 9.17) is 10.8 Å². The Labute approximate surface area is 273 Å². The van der Waals surface area contributed by atoms with Gasteiger partial charge in [0.2, 0.25) is 0 Å². The molecule has 5 aromatic carbocycles. The van der Waals surface area contributed by atoms with Crippen molar-refractivity contribution in [3.05, 3.63) is 164 Å². The van der Waals surface area contributed by atoms with Gasteiger partial charge in [0.1, 0.15) is 11.4 Å². The van der Waals surface area contributed by atoms with E-state index in [0.29, 0.717) is 22.8 Å². The minimum absolute atomic E-state index is 0.354. The van der Waals surface area contributed by atoms with Gasteiger partial charge in [-0.2, -0.15) is 10.2 Å². The van der Waals surface area contributed by atoms with Crippen molar-refractivity contribution in [3.63, 3.8) is 0 Å². The Morgan fingerprint density at radius 1 is 0.447 bits per heavy atom. The van der Waals surface area contributed by atoms with Crippen LogP contribution >= 0.6 is 0 Å². The zero-order valence-electron chi connectivity index (χ0n) is 25.4. The van der Waals surface area contributed by atoms with Crippen molar-refractivity contribution in [2.24, 2.45) is 10.2 Å². The molecule has 0 aliphatic heterocycles. The molecular weight excluding hydrogens is 578 g/mol. The second kappa shape index (κ2) is 13.2. The Bertz CT molecular complexity index is 2090. The number of fused-ring (bicyclic) bond motifs is 1. The number of hydrogen-bond acceptors (Lipinski definition) is 7. The fraction of sp³-hybridized carbons (Fsp3) is 0. The number of allylic oxidation sites excluding steroid dienone is 8. The van der Waals surface area contributed by atoms with E-state index in [1.54, 1.807) is 12.2 Å². The summed E-state index contributed by atoms with van der Waals surface area (Å²) in [6, 6.07) is 39.6. The van der Waals surface area contributed by atoms with Crippen LogP contribution in [0.3, 0.4) is 0 Å². The molecule has 7 heteroatoms. The van der Waals surface area contributed by atoms with Crippen LogP contribution in [0, 0.1) is 10.8 Å². The van der Waals surface area contributed by atoms with E-state index >= 15 is 0 Å². The first-order valence-electron chi connectivity index (χ1n) is 15.2. The van der Waals surface area contributed by atoms with Crippen LogP contribution in [0.5, 0.6) is 0 Å². The summed E-state index contributed by atoms with van der Waals surface area (Å²) in [7, 11) is 0. The molecule has 0 amide bonds. The number of hydrazone groups is 2. The SMILES string of the molecule is N=C1C=CC=C/C1=N/Nc1cccc(N(c2ccc(-c3ccc4ccccc4c3)cc2)c2cccc(N/N=C3/C=CC=CC3=N)c2)c1. The number of benzene rings is 5. The van der Waals surface area contributed by atoms with E-state index in [-0.39, 0.29) is 0 Å². The number of nitrogens with zero attached hydrogens (tertiary/aromatic N) is 3. The highest BCUT2D eigenvalue weighted by molar-refractivity contribution is 6.50. The van der Waals surface area contributed by atoms with Gasteiger partial charge >= 0.3 is 0 Å². The van der Waals surface area contributed by atoms with Crippen molar-refractivity contribution in [2.45, 2.75) is 0 Å². The lowest BCUT2D eigenvalue weighted by Gasteiger charge is -2.26. The van der Waals surface area contributed by atoms with Crippen LogP contribution in [0.25, 0.3) is 21.9 Å². The van der Waals surface area contributed by atoms with Crippen LogP contribution in [-0.2, 0) is 0 Å². The van der Waals surface area contributed by atoms with E-state index in [1.807, 2.05) is 72.9 Å². The summed E-state index contributed by atoms with van der Waals surface area (Å²) in [5.74, 6) is 0. The topological polar surface area (TPSA) is 99.7 Å². The molecule has 0 unspecified atom stereocenters. The summed E-state index contributed by atoms with van der Waals surface area (Å²) in [6.07, 6.45) is 14.4. The van der Waals surface area contributed by atoms with Gasteiger partial charge in [-0.25, -0.2) is 0 Å². The molecule has 0 atom stereocenters. The summed E-state index contributed by atoms with van der Waals surface area (Å²) >= 11 is 0. The number of anilines is 5. The molecule has 0 spiro atoms. The maximum Gasteiger partial charge on any atom is 0.108 e. The van der Waals surface area contributed by atoms with Crippen LogP contribution in [0.2, 0.25) is 0 Å². The Morgan fingerprint density at radius 2 is 0.979 bits per heavy atom. The van der Waals surface area contributed by atoms with Gasteiger partial charge < -0.3 is 4.90 Å². The number of hydrogen-bond donors (Lipinski definition) is 4. The third kappa shape index (κ3) is 6.60. The maximum absolute atomic E-state index is 8.15. The molecule has 0 aromatic heterocycles. The number of rotatable bonds is 8. The van der Waals surface area contributed by atoms with Crippen LogP contribution in [0.15, 0.2) is 174 Å². The molecule has 2 aliphatic rings. The third-order valence-electron chi connectivity index (χ3n) is 7.84. The van der Waals surface area contributed by atoms with Crippen molar-refractivity contribution in [1.82, 2.24) is 0 Å². The average Bonchev–Trinajstić information content (AvgIpc) is 3.12. The van der Waals surface area contributed by atoms with Crippen LogP contribution in [0.1, 0.15) is 0 Å². The lowest BCUT2D eigenvalue weighted by molar-refractivity contribution is 1.26. The molecule has 0 bridgehead atoms. The molecular formula is C40H31N7. The molecule has 0 saturated heterocycles. The fourth-order valence-corrected chi connectivity index (χ4v) is 5.44. The van der Waals surface area contributed by atoms with E-state index < -0.39 is 0 Å². The van der Waals surface area contributed by atoms with Gasteiger partial charge in [-0.3, -0.25) is 21.7 Å². The van der Waals surface area contributed by atoms with Gasteiger partial charge in [0, 0.05) is 17.1 Å². The summed E-state index contributed by atoms with van der Waals surface area (Å²) in [5.41, 5.74) is 14.8. The molecule has 7 rings (SSSR count). The first-order valence-corrected chi connectivity index (χ1v) is 15.2. The van der Waals surface area contributed by atoms with Crippen molar-refractivity contribution in [2.75, 3.05) is 15.8 Å². The van der Waals surface area contributed by atoms with Gasteiger partial charge in [-0.05, 0) is 101 Å². The Balaban J connectivity index is 1.24. The minimum atomic E-state index is 0.354. The van der Waals surface area contributed by atoms with E-state index in [0.717, 1.165) is 39.6 Å². The standard InChI is InChI=1S/C40H31N7/c41-37-15-3-5-17-39(37)45-43-32-11-7-13-35(26-32)47(36-14-8-12-33(27-36)44-46-40-18-6-4-16-38(40)42)34-23-21-29(22-24-34)31-20-19-28-9-1-2-10-30(28)25-31/h1-27,41-44H/b41-37?,42-38?,45-39-,46-40-. The van der Waals surface area contributed by atoms with Gasteiger partial charge in [0.05, 0.1) is 22.8 Å². The first kappa shape index (κ1) is 29.1. The largest absolute Gasteiger partial charge is 0.310 e. The quantitative estimate of drug-likeness (QED) is 0.104. The van der Waals surface area contributed by atoms with Gasteiger partial charge in [-0.15, -0.1) is 0 Å². The lowest BCUT2D eigenvalue weighted by atomic mass is 10.0. The summed E-state index contributed by atoms with van der Waals surface area (Å²) < 4.78 is 0. The summed E-state index contributed by atoms with van der Waals surface area (Å²) in [6.45, 7) is 0. The molecule has 0 fully saturated rings. The molecule has 7 nitrogen and oxygen atoms in total. The van der Waals surface area contributed by atoms with Crippen LogP contribution in [-0.4, -0.2) is 22.8 Å². The fourth-order valence-electron chi connectivity index (χ4n) is 5.44. The van der Waals surface area contributed by atoms with Gasteiger partial charge in [0.25, 0.3) is 0 Å². The minimum Gasteiger partial charge on any atom is -0.310 e. The molecule has 0 radical (unpaired) electrons. The smallest absolute Gasteiger partial charge is 0.108 e. The van der Waals surface area contributed by atoms with Gasteiger partial charge in [-0.1, -0.05) is 85.0 Å². The van der Waals surface area contributed by atoms with Crippen LogP contribution in [0.4, 0.5) is 28.4 Å². The van der Waals surface area contributed by atoms with Crippen molar-refractivity contribution in [3.8, 4) is 11.1 Å². The van der Waals surface area contributed by atoms with Gasteiger partial charge in [0.15, 0.2) is 0 Å². The predicted octanol–water partition coefficient (Wildman–Crippen LogP) is 9.80. The highest BCUT2D eigenvalue weighted by Crippen LogP contribution is 2.38. The van der Waals surface area contributed by atoms with Crippen LogP contribution < -0.4 is 15.8 Å². The third-order valence-corrected chi connectivity index (χ3v) is 7.84. The zero-order chi connectivity index (χ0) is 32.0. The predicted molar refractivity (Wildman–Crippen MR) is 198 cm³/mol. The van der Waals surface area contributed by atoms with Crippen molar-refractivity contribution >= 4 is 62.1 Å². The highest BCUT2D eigenvalue weighted by atomic mass is 15.3. The molecule has 2 aliphatic carbocycles. The Kier molecular flexibility index (Phi) is 8.17. The number of nitrogens with one attached hydrogen (secondary N) is 4. The lowest BCUT2D eigenvalue weighted by Crippen LogP contribution is -2.13.